The summed E-state index contributed by atoms with van der Waals surface area (Å²) in [5, 5.41) is 0. The number of nitrogens with zero attached hydrogens (tertiary/aromatic N) is 1. The van der Waals surface area contributed by atoms with Crippen LogP contribution in [0, 0.1) is 5.41 Å². The van der Waals surface area contributed by atoms with Gasteiger partial charge in [-0.1, -0.05) is 18.2 Å². The topological polar surface area (TPSA) is 72.9 Å². The lowest BCUT2D eigenvalue weighted by Crippen LogP contribution is -2.41. The molecule has 0 aliphatic carbocycles. The van der Waals surface area contributed by atoms with E-state index in [1.807, 2.05) is 6.07 Å². The van der Waals surface area contributed by atoms with Crippen LogP contribution in [0.4, 0.5) is 5.69 Å². The van der Waals surface area contributed by atoms with Gasteiger partial charge in [0.1, 0.15) is 17.1 Å². The van der Waals surface area contributed by atoms with E-state index in [0.717, 1.165) is 0 Å². The average Bonchev–Trinajstić information content (AvgIpc) is 2.95. The predicted octanol–water partition coefficient (Wildman–Crippen LogP) is 1.57. The summed E-state index contributed by atoms with van der Waals surface area (Å²) in [7, 11) is 0. The summed E-state index contributed by atoms with van der Waals surface area (Å²) >= 11 is 0. The van der Waals surface area contributed by atoms with E-state index < -0.39 is 11.4 Å². The van der Waals surface area contributed by atoms with Crippen molar-refractivity contribution in [1.29, 1.82) is 0 Å². The van der Waals surface area contributed by atoms with Crippen LogP contribution in [0.1, 0.15) is 13.8 Å². The Morgan fingerprint density at radius 3 is 2.42 bits per heavy atom. The third-order valence-electron chi connectivity index (χ3n) is 3.90. The minimum atomic E-state index is -1.39. The van der Waals surface area contributed by atoms with Gasteiger partial charge >= 0.3 is 5.97 Å². The highest BCUT2D eigenvalue weighted by Crippen LogP contribution is 2.43. The Balaban J connectivity index is 2.56. The van der Waals surface area contributed by atoms with Crippen LogP contribution in [0.3, 0.4) is 0 Å². The Labute approximate surface area is 140 Å². The molecule has 0 saturated carbocycles. The van der Waals surface area contributed by atoms with Gasteiger partial charge in [0.15, 0.2) is 5.94 Å². The van der Waals surface area contributed by atoms with Gasteiger partial charge in [0.2, 0.25) is 0 Å². The number of rotatable bonds is 6. The van der Waals surface area contributed by atoms with Gasteiger partial charge in [-0.05, 0) is 26.0 Å². The molecule has 0 radical (unpaired) electrons. The first-order chi connectivity index (χ1) is 11.6. The zero-order valence-electron chi connectivity index (χ0n) is 13.7. The van der Waals surface area contributed by atoms with Crippen LogP contribution in [0.25, 0.3) is 0 Å². The Kier molecular flexibility index (Phi) is 5.72. The summed E-state index contributed by atoms with van der Waals surface area (Å²) in [4.78, 5) is 37.3. The van der Waals surface area contributed by atoms with Crippen LogP contribution in [0.5, 0.6) is 0 Å². The molecule has 0 N–H and O–H groups in total. The highest BCUT2D eigenvalue weighted by molar-refractivity contribution is 5.94. The fraction of sp³-hybridized carbons (Fsp3) is 0.389. The molecule has 0 aromatic heterocycles. The SMILES string of the molecule is CCOCC1(C(=O)OCC)CN(c2ccccc2)C(=C=O)C1=C=O. The monoisotopic (exact) mass is 329 g/mol. The van der Waals surface area contributed by atoms with Gasteiger partial charge in [0.05, 0.1) is 18.8 Å². The number of allylic oxidation sites excluding steroid dienone is 1. The maximum atomic E-state index is 12.6. The summed E-state index contributed by atoms with van der Waals surface area (Å²) in [6.45, 7) is 3.97. The van der Waals surface area contributed by atoms with Gasteiger partial charge in [0, 0.05) is 18.8 Å². The summed E-state index contributed by atoms with van der Waals surface area (Å²) < 4.78 is 10.6. The Bertz CT molecular complexity index is 701. The molecule has 1 fully saturated rings. The fourth-order valence-corrected chi connectivity index (χ4v) is 2.76. The predicted molar refractivity (Wildman–Crippen MR) is 87.8 cm³/mol. The van der Waals surface area contributed by atoms with Crippen molar-refractivity contribution < 1.29 is 23.9 Å². The zero-order valence-corrected chi connectivity index (χ0v) is 13.7. The van der Waals surface area contributed by atoms with Crippen molar-refractivity contribution in [2.75, 3.05) is 31.3 Å². The van der Waals surface area contributed by atoms with Crippen molar-refractivity contribution >= 4 is 23.5 Å². The number of carbonyl (C=O) groups excluding carboxylic acids is 3. The Morgan fingerprint density at radius 1 is 1.17 bits per heavy atom. The van der Waals surface area contributed by atoms with Crippen LogP contribution in [0.15, 0.2) is 41.6 Å². The zero-order chi connectivity index (χ0) is 17.6. The van der Waals surface area contributed by atoms with E-state index in [4.69, 9.17) is 9.47 Å². The van der Waals surface area contributed by atoms with E-state index in [0.29, 0.717) is 12.3 Å². The lowest BCUT2D eigenvalue weighted by molar-refractivity contribution is -0.154. The first kappa shape index (κ1) is 17.7. The van der Waals surface area contributed by atoms with E-state index in [1.54, 1.807) is 54.9 Å². The van der Waals surface area contributed by atoms with E-state index in [1.165, 1.54) is 0 Å². The minimum Gasteiger partial charge on any atom is -0.465 e. The standard InChI is InChI=1S/C18H19NO5/c1-3-23-13-18(17(22)24-4-2)12-19(14-8-6-5-7-9-14)16(11-21)15(18)10-20/h5-9H,3-4,12-13H2,1-2H3. The summed E-state index contributed by atoms with van der Waals surface area (Å²) in [5.74, 6) is 2.91. The van der Waals surface area contributed by atoms with Gasteiger partial charge in [0.25, 0.3) is 0 Å². The van der Waals surface area contributed by atoms with Crippen molar-refractivity contribution in [3.63, 3.8) is 0 Å². The second-order valence-electron chi connectivity index (χ2n) is 5.29. The third-order valence-corrected chi connectivity index (χ3v) is 3.90. The molecule has 1 unspecified atom stereocenters. The number of hydrogen-bond acceptors (Lipinski definition) is 6. The second kappa shape index (κ2) is 7.75. The third kappa shape index (κ3) is 3.03. The van der Waals surface area contributed by atoms with Crippen molar-refractivity contribution in [3.8, 4) is 0 Å². The molecule has 1 saturated heterocycles. The molecule has 0 spiro atoms. The molecule has 0 bridgehead atoms. The van der Waals surface area contributed by atoms with Crippen LogP contribution < -0.4 is 4.90 Å². The molecule has 6 nitrogen and oxygen atoms in total. The molecule has 1 atom stereocenters. The number of hydrogen-bond donors (Lipinski definition) is 0. The Hall–Kier alpha value is -2.65. The molecule has 1 aromatic carbocycles. The van der Waals surface area contributed by atoms with Crippen LogP contribution in [-0.2, 0) is 23.9 Å². The first-order valence-corrected chi connectivity index (χ1v) is 7.73. The van der Waals surface area contributed by atoms with Crippen molar-refractivity contribution in [3.05, 3.63) is 41.6 Å². The average molecular weight is 329 g/mol. The second-order valence-corrected chi connectivity index (χ2v) is 5.29. The molecule has 24 heavy (non-hydrogen) atoms. The molecule has 0 amide bonds. The largest absolute Gasteiger partial charge is 0.465 e. The highest BCUT2D eigenvalue weighted by Gasteiger charge is 2.55. The quantitative estimate of drug-likeness (QED) is 0.583. The summed E-state index contributed by atoms with van der Waals surface area (Å²) in [5.41, 5.74) is -0.806. The molecule has 2 rings (SSSR count). The van der Waals surface area contributed by atoms with Crippen molar-refractivity contribution in [1.82, 2.24) is 0 Å². The maximum absolute atomic E-state index is 12.6. The maximum Gasteiger partial charge on any atom is 0.321 e. The van der Waals surface area contributed by atoms with Crippen LogP contribution >= 0.6 is 0 Å². The number of benzene rings is 1. The van der Waals surface area contributed by atoms with Crippen LogP contribution in [-0.4, -0.2) is 44.2 Å². The van der Waals surface area contributed by atoms with E-state index in [9.17, 15) is 14.4 Å². The molecule has 1 aliphatic rings. The number of carbonyl (C=O) groups is 1. The normalized spacial score (nSPS) is 19.8. The summed E-state index contributed by atoms with van der Waals surface area (Å²) in [6.07, 6.45) is 0. The van der Waals surface area contributed by atoms with E-state index in [-0.39, 0.29) is 31.0 Å². The molecular weight excluding hydrogens is 310 g/mol. The lowest BCUT2D eigenvalue weighted by atomic mass is 9.83. The minimum absolute atomic E-state index is 0.0102. The lowest BCUT2D eigenvalue weighted by Gasteiger charge is -2.26. The number of ether oxygens (including phenoxy) is 2. The first-order valence-electron chi connectivity index (χ1n) is 7.73. The van der Waals surface area contributed by atoms with Crippen LogP contribution in [0.2, 0.25) is 0 Å². The summed E-state index contributed by atoms with van der Waals surface area (Å²) in [6, 6.07) is 8.99. The van der Waals surface area contributed by atoms with Gasteiger partial charge in [-0.3, -0.25) is 4.79 Å². The Morgan fingerprint density at radius 2 is 1.88 bits per heavy atom. The number of anilines is 1. The molecule has 6 heteroatoms. The van der Waals surface area contributed by atoms with E-state index >= 15 is 0 Å². The van der Waals surface area contributed by atoms with Crippen molar-refractivity contribution in [2.45, 2.75) is 13.8 Å². The highest BCUT2D eigenvalue weighted by atomic mass is 16.5. The number of para-hydroxylation sites is 1. The van der Waals surface area contributed by atoms with Gasteiger partial charge in [-0.15, -0.1) is 0 Å². The molecule has 1 aliphatic heterocycles. The molecular formula is C18H19NO5. The molecule has 1 aromatic rings. The smallest absolute Gasteiger partial charge is 0.321 e. The fourth-order valence-electron chi connectivity index (χ4n) is 2.76. The van der Waals surface area contributed by atoms with Crippen molar-refractivity contribution in [2.24, 2.45) is 5.41 Å². The van der Waals surface area contributed by atoms with Gasteiger partial charge in [-0.2, -0.15) is 0 Å². The number of esters is 1. The molecule has 1 heterocycles. The van der Waals surface area contributed by atoms with Gasteiger partial charge < -0.3 is 14.4 Å². The molecule has 126 valence electrons. The van der Waals surface area contributed by atoms with Gasteiger partial charge in [-0.25, -0.2) is 9.59 Å². The van der Waals surface area contributed by atoms with E-state index in [2.05, 4.69) is 0 Å².